The minimum Gasteiger partial charge on any atom is -0.491 e. The quantitative estimate of drug-likeness (QED) is 0.261. The van der Waals surface area contributed by atoms with Crippen molar-refractivity contribution in [3.63, 3.8) is 0 Å². The summed E-state index contributed by atoms with van der Waals surface area (Å²) in [5.41, 5.74) is 2.17. The summed E-state index contributed by atoms with van der Waals surface area (Å²) >= 11 is 0. The van der Waals surface area contributed by atoms with Crippen molar-refractivity contribution in [3.05, 3.63) is 95.6 Å². The van der Waals surface area contributed by atoms with Crippen molar-refractivity contribution in [2.24, 2.45) is 5.92 Å². The topological polar surface area (TPSA) is 9.23 Å². The highest BCUT2D eigenvalue weighted by Crippen LogP contribution is 2.36. The SMILES string of the molecule is C/C=C/C1CC=C(c2ccc(-c3ccc(-c4ccc(OCC)c(F)c4F)cc3)c(F)c2F)CC1. The molecule has 0 amide bonds. The van der Waals surface area contributed by atoms with Crippen molar-refractivity contribution in [3.8, 4) is 28.0 Å². The maximum Gasteiger partial charge on any atom is 0.201 e. The van der Waals surface area contributed by atoms with Gasteiger partial charge in [0.25, 0.3) is 0 Å². The second-order valence-electron chi connectivity index (χ2n) is 8.33. The molecule has 1 unspecified atom stereocenters. The molecule has 0 aromatic heterocycles. The first-order valence-corrected chi connectivity index (χ1v) is 11.5. The molecule has 0 saturated heterocycles. The summed E-state index contributed by atoms with van der Waals surface area (Å²) in [5, 5.41) is 0. The third-order valence-corrected chi connectivity index (χ3v) is 6.20. The molecule has 3 aromatic carbocycles. The fraction of sp³-hybridized carbons (Fsp3) is 0.241. The van der Waals surface area contributed by atoms with E-state index in [-0.39, 0.29) is 23.5 Å². The van der Waals surface area contributed by atoms with Crippen molar-refractivity contribution >= 4 is 5.57 Å². The third-order valence-electron chi connectivity index (χ3n) is 6.20. The van der Waals surface area contributed by atoms with Gasteiger partial charge in [0.05, 0.1) is 6.61 Å². The van der Waals surface area contributed by atoms with E-state index in [4.69, 9.17) is 4.74 Å². The second-order valence-corrected chi connectivity index (χ2v) is 8.33. The molecular weight excluding hydrogens is 440 g/mol. The second kappa shape index (κ2) is 10.3. The van der Waals surface area contributed by atoms with Gasteiger partial charge in [-0.25, -0.2) is 13.2 Å². The van der Waals surface area contributed by atoms with Gasteiger partial charge >= 0.3 is 0 Å². The van der Waals surface area contributed by atoms with Crippen LogP contribution in [-0.2, 0) is 0 Å². The van der Waals surface area contributed by atoms with E-state index in [9.17, 15) is 13.2 Å². The van der Waals surface area contributed by atoms with E-state index < -0.39 is 23.3 Å². The summed E-state index contributed by atoms with van der Waals surface area (Å²) in [5.74, 6) is -3.56. The van der Waals surface area contributed by atoms with Crippen molar-refractivity contribution in [2.75, 3.05) is 6.61 Å². The lowest BCUT2D eigenvalue weighted by Gasteiger charge is -2.20. The van der Waals surface area contributed by atoms with Crippen LogP contribution in [0.25, 0.3) is 27.8 Å². The zero-order valence-electron chi connectivity index (χ0n) is 19.2. The minimum absolute atomic E-state index is 0.0648. The first-order chi connectivity index (χ1) is 16.4. The molecular formula is C29H26F4O. The van der Waals surface area contributed by atoms with E-state index in [1.165, 1.54) is 12.1 Å². The third kappa shape index (κ3) is 4.65. The Morgan fingerprint density at radius 1 is 0.794 bits per heavy atom. The standard InChI is InChI=1S/C29H26F4O/c1-3-5-18-6-8-19(9-7-18)22-14-15-23(27(31)26(22)30)20-10-12-21(13-11-20)24-16-17-25(34-4-2)29(33)28(24)32/h3,5,8,10-18H,4,6-7,9H2,1-2H3/b5-3+. The molecule has 34 heavy (non-hydrogen) atoms. The van der Waals surface area contributed by atoms with Gasteiger partial charge in [-0.1, -0.05) is 54.6 Å². The number of hydrogen-bond acceptors (Lipinski definition) is 1. The highest BCUT2D eigenvalue weighted by Gasteiger charge is 2.21. The summed E-state index contributed by atoms with van der Waals surface area (Å²) in [6.45, 7) is 3.89. The monoisotopic (exact) mass is 466 g/mol. The van der Waals surface area contributed by atoms with Crippen molar-refractivity contribution in [1.29, 1.82) is 0 Å². The van der Waals surface area contributed by atoms with Crippen molar-refractivity contribution in [2.45, 2.75) is 33.1 Å². The van der Waals surface area contributed by atoms with Gasteiger partial charge in [0.15, 0.2) is 23.2 Å². The average molecular weight is 467 g/mol. The molecule has 0 aliphatic heterocycles. The molecule has 1 aliphatic carbocycles. The highest BCUT2D eigenvalue weighted by molar-refractivity contribution is 5.74. The first kappa shape index (κ1) is 23.8. The fourth-order valence-corrected chi connectivity index (χ4v) is 4.42. The van der Waals surface area contributed by atoms with Crippen molar-refractivity contribution < 1.29 is 22.3 Å². The van der Waals surface area contributed by atoms with Gasteiger partial charge in [0, 0.05) is 16.7 Å². The zero-order valence-corrected chi connectivity index (χ0v) is 19.2. The van der Waals surface area contributed by atoms with Gasteiger partial charge in [-0.3, -0.25) is 0 Å². The molecule has 1 nitrogen and oxygen atoms in total. The lowest BCUT2D eigenvalue weighted by Crippen LogP contribution is -2.05. The van der Waals surface area contributed by atoms with Crippen LogP contribution in [0.4, 0.5) is 17.6 Å². The number of rotatable bonds is 6. The molecule has 0 fully saturated rings. The Morgan fingerprint density at radius 3 is 1.91 bits per heavy atom. The molecule has 1 atom stereocenters. The summed E-state index contributed by atoms with van der Waals surface area (Å²) in [7, 11) is 0. The lowest BCUT2D eigenvalue weighted by molar-refractivity contribution is 0.314. The highest BCUT2D eigenvalue weighted by atomic mass is 19.2. The van der Waals surface area contributed by atoms with Gasteiger partial charge in [0.1, 0.15) is 0 Å². The zero-order chi connectivity index (χ0) is 24.2. The Kier molecular flexibility index (Phi) is 7.20. The average Bonchev–Trinajstić information content (AvgIpc) is 2.85. The van der Waals surface area contributed by atoms with Crippen LogP contribution in [0.5, 0.6) is 5.75 Å². The molecule has 4 rings (SSSR count). The number of hydrogen-bond donors (Lipinski definition) is 0. The van der Waals surface area contributed by atoms with Gasteiger partial charge < -0.3 is 4.74 Å². The molecule has 0 saturated carbocycles. The Hall–Kier alpha value is -3.34. The van der Waals surface area contributed by atoms with E-state index in [1.807, 2.05) is 19.1 Å². The van der Waals surface area contributed by atoms with Crippen molar-refractivity contribution in [1.82, 2.24) is 0 Å². The van der Waals surface area contributed by atoms with Crippen LogP contribution in [0, 0.1) is 29.2 Å². The molecule has 176 valence electrons. The normalized spacial score (nSPS) is 16.1. The van der Waals surface area contributed by atoms with Gasteiger partial charge in [-0.2, -0.15) is 4.39 Å². The van der Waals surface area contributed by atoms with Crippen LogP contribution in [0.15, 0.2) is 66.8 Å². The van der Waals surface area contributed by atoms with Crippen LogP contribution in [0.1, 0.15) is 38.7 Å². The predicted molar refractivity (Wildman–Crippen MR) is 128 cm³/mol. The number of allylic oxidation sites excluding steroid dienone is 4. The molecule has 0 spiro atoms. The Morgan fingerprint density at radius 2 is 1.35 bits per heavy atom. The molecule has 3 aromatic rings. The summed E-state index contributed by atoms with van der Waals surface area (Å²) < 4.78 is 63.8. The molecule has 0 bridgehead atoms. The molecule has 0 N–H and O–H groups in total. The van der Waals surface area contributed by atoms with Gasteiger partial charge in [-0.15, -0.1) is 0 Å². The number of halogens is 4. The van der Waals surface area contributed by atoms with E-state index in [2.05, 4.69) is 6.08 Å². The maximum absolute atomic E-state index is 15.0. The van der Waals surface area contributed by atoms with E-state index >= 15 is 4.39 Å². The molecule has 5 heteroatoms. The Balaban J connectivity index is 1.60. The number of benzene rings is 3. The van der Waals surface area contributed by atoms with Gasteiger partial charge in [0.2, 0.25) is 5.82 Å². The maximum atomic E-state index is 15.0. The van der Waals surface area contributed by atoms with E-state index in [0.29, 0.717) is 29.0 Å². The lowest BCUT2D eigenvalue weighted by atomic mass is 9.85. The minimum atomic E-state index is -1.05. The van der Waals surface area contributed by atoms with Crippen LogP contribution >= 0.6 is 0 Å². The Bertz CT molecular complexity index is 1240. The fourth-order valence-electron chi connectivity index (χ4n) is 4.42. The van der Waals surface area contributed by atoms with E-state index in [0.717, 1.165) is 18.4 Å². The van der Waals surface area contributed by atoms with Gasteiger partial charge in [-0.05, 0) is 67.9 Å². The molecule has 1 aliphatic rings. The largest absolute Gasteiger partial charge is 0.491 e. The summed E-state index contributed by atoms with van der Waals surface area (Å²) in [6.07, 6.45) is 8.57. The van der Waals surface area contributed by atoms with Crippen LogP contribution < -0.4 is 4.74 Å². The molecule has 0 radical (unpaired) electrons. The molecule has 0 heterocycles. The smallest absolute Gasteiger partial charge is 0.201 e. The van der Waals surface area contributed by atoms with Crippen LogP contribution in [-0.4, -0.2) is 6.61 Å². The van der Waals surface area contributed by atoms with E-state index in [1.54, 1.807) is 43.3 Å². The predicted octanol–water partition coefficient (Wildman–Crippen LogP) is 8.74. The Labute approximate surface area is 197 Å². The number of ether oxygens (including phenoxy) is 1. The summed E-state index contributed by atoms with van der Waals surface area (Å²) in [6, 6.07) is 12.3. The van der Waals surface area contributed by atoms with Crippen LogP contribution in [0.2, 0.25) is 0 Å². The summed E-state index contributed by atoms with van der Waals surface area (Å²) in [4.78, 5) is 0. The van der Waals surface area contributed by atoms with Crippen LogP contribution in [0.3, 0.4) is 0 Å². The first-order valence-electron chi connectivity index (χ1n) is 11.5.